The number of amides is 1. The third-order valence-electron chi connectivity index (χ3n) is 3.30. The standard InChI is InChI=1S/C12H18BrN3O/c1-3-16-10(6-9(2)15-16)11(17)14-8-12(7-13)4-5-12/h6H,3-5,7-8H2,1-2H3,(H,14,17). The second kappa shape index (κ2) is 4.80. The van der Waals surface area contributed by atoms with Gasteiger partial charge in [0, 0.05) is 18.4 Å². The van der Waals surface area contributed by atoms with Crippen molar-refractivity contribution in [1.29, 1.82) is 0 Å². The number of hydrogen-bond acceptors (Lipinski definition) is 2. The van der Waals surface area contributed by atoms with Gasteiger partial charge in [0.05, 0.1) is 5.69 Å². The van der Waals surface area contributed by atoms with Crippen LogP contribution in [-0.2, 0) is 6.54 Å². The lowest BCUT2D eigenvalue weighted by Gasteiger charge is -2.12. The molecule has 0 aromatic carbocycles. The highest BCUT2D eigenvalue weighted by Crippen LogP contribution is 2.46. The predicted molar refractivity (Wildman–Crippen MR) is 70.4 cm³/mol. The second-order valence-electron chi connectivity index (χ2n) is 4.80. The average Bonchev–Trinajstić information content (AvgIpc) is 3.02. The van der Waals surface area contributed by atoms with Gasteiger partial charge in [-0.05, 0) is 38.2 Å². The van der Waals surface area contributed by atoms with Crippen LogP contribution in [0.15, 0.2) is 6.07 Å². The molecule has 0 aliphatic heterocycles. The number of alkyl halides is 1. The van der Waals surface area contributed by atoms with Gasteiger partial charge < -0.3 is 5.32 Å². The third kappa shape index (κ3) is 2.70. The van der Waals surface area contributed by atoms with Crippen LogP contribution >= 0.6 is 15.9 Å². The Morgan fingerprint density at radius 1 is 1.65 bits per heavy atom. The summed E-state index contributed by atoms with van der Waals surface area (Å²) in [5.74, 6) is -0.0142. The van der Waals surface area contributed by atoms with E-state index in [1.807, 2.05) is 19.9 Å². The molecule has 5 heteroatoms. The number of carbonyl (C=O) groups excluding carboxylic acids is 1. The Morgan fingerprint density at radius 3 is 2.88 bits per heavy atom. The van der Waals surface area contributed by atoms with Gasteiger partial charge in [0.25, 0.3) is 5.91 Å². The Balaban J connectivity index is 1.99. The molecule has 1 aliphatic carbocycles. The number of carbonyl (C=O) groups is 1. The second-order valence-corrected chi connectivity index (χ2v) is 5.36. The highest BCUT2D eigenvalue weighted by molar-refractivity contribution is 9.09. The van der Waals surface area contributed by atoms with Crippen molar-refractivity contribution in [2.45, 2.75) is 33.2 Å². The molecular weight excluding hydrogens is 282 g/mol. The molecule has 4 nitrogen and oxygen atoms in total. The summed E-state index contributed by atoms with van der Waals surface area (Å²) in [6.07, 6.45) is 2.40. The van der Waals surface area contributed by atoms with E-state index < -0.39 is 0 Å². The first kappa shape index (κ1) is 12.6. The van der Waals surface area contributed by atoms with Gasteiger partial charge in [-0.2, -0.15) is 5.10 Å². The van der Waals surface area contributed by atoms with Gasteiger partial charge in [-0.3, -0.25) is 9.48 Å². The van der Waals surface area contributed by atoms with Crippen LogP contribution in [0.25, 0.3) is 0 Å². The number of aryl methyl sites for hydroxylation is 2. The maximum Gasteiger partial charge on any atom is 0.269 e. The van der Waals surface area contributed by atoms with Gasteiger partial charge in [0.1, 0.15) is 5.69 Å². The lowest BCUT2D eigenvalue weighted by atomic mass is 10.1. The Labute approximate surface area is 110 Å². The number of rotatable bonds is 5. The van der Waals surface area contributed by atoms with Crippen LogP contribution in [0.1, 0.15) is 35.9 Å². The van der Waals surface area contributed by atoms with Crippen molar-refractivity contribution in [3.8, 4) is 0 Å². The molecule has 0 unspecified atom stereocenters. The van der Waals surface area contributed by atoms with E-state index in [1.54, 1.807) is 4.68 Å². The van der Waals surface area contributed by atoms with E-state index in [4.69, 9.17) is 0 Å². The summed E-state index contributed by atoms with van der Waals surface area (Å²) in [6, 6.07) is 1.84. The zero-order chi connectivity index (χ0) is 12.5. The Morgan fingerprint density at radius 2 is 2.35 bits per heavy atom. The van der Waals surface area contributed by atoms with E-state index in [0.717, 1.165) is 24.1 Å². The first-order valence-electron chi connectivity index (χ1n) is 5.99. The van der Waals surface area contributed by atoms with Crippen LogP contribution in [0.5, 0.6) is 0 Å². The average molecular weight is 300 g/mol. The summed E-state index contributed by atoms with van der Waals surface area (Å²) < 4.78 is 1.75. The third-order valence-corrected chi connectivity index (χ3v) is 4.49. The molecule has 1 amide bonds. The number of nitrogens with zero attached hydrogens (tertiary/aromatic N) is 2. The fourth-order valence-electron chi connectivity index (χ4n) is 1.86. The number of halogens is 1. The number of aromatic nitrogens is 2. The molecule has 1 aromatic heterocycles. The number of nitrogens with one attached hydrogen (secondary N) is 1. The van der Waals surface area contributed by atoms with Gasteiger partial charge in [-0.25, -0.2) is 0 Å². The lowest BCUT2D eigenvalue weighted by molar-refractivity contribution is 0.0936. The largest absolute Gasteiger partial charge is 0.350 e. The maximum atomic E-state index is 12.0. The molecule has 1 saturated carbocycles. The summed E-state index contributed by atoms with van der Waals surface area (Å²) in [7, 11) is 0. The zero-order valence-corrected chi connectivity index (χ0v) is 11.9. The highest BCUT2D eigenvalue weighted by atomic mass is 79.9. The number of hydrogen-bond donors (Lipinski definition) is 1. The van der Waals surface area contributed by atoms with Gasteiger partial charge >= 0.3 is 0 Å². The minimum Gasteiger partial charge on any atom is -0.350 e. The van der Waals surface area contributed by atoms with Crippen LogP contribution in [0.2, 0.25) is 0 Å². The molecule has 0 atom stereocenters. The molecule has 1 aromatic rings. The van der Waals surface area contributed by atoms with Crippen molar-refractivity contribution in [2.75, 3.05) is 11.9 Å². The molecule has 0 spiro atoms. The van der Waals surface area contributed by atoms with Crippen molar-refractivity contribution in [1.82, 2.24) is 15.1 Å². The molecular formula is C12H18BrN3O. The van der Waals surface area contributed by atoms with E-state index >= 15 is 0 Å². The minimum atomic E-state index is -0.0142. The quantitative estimate of drug-likeness (QED) is 0.847. The Bertz CT molecular complexity index is 423. The van der Waals surface area contributed by atoms with Gasteiger partial charge in [-0.15, -0.1) is 0 Å². The fraction of sp³-hybridized carbons (Fsp3) is 0.667. The van der Waals surface area contributed by atoms with E-state index in [9.17, 15) is 4.79 Å². The Hall–Kier alpha value is -0.840. The van der Waals surface area contributed by atoms with Gasteiger partial charge in [0.2, 0.25) is 0 Å². The monoisotopic (exact) mass is 299 g/mol. The predicted octanol–water partition coefficient (Wildman–Crippen LogP) is 2.12. The summed E-state index contributed by atoms with van der Waals surface area (Å²) in [6.45, 7) is 5.37. The molecule has 0 radical (unpaired) electrons. The van der Waals surface area contributed by atoms with Crippen molar-refractivity contribution >= 4 is 21.8 Å². The van der Waals surface area contributed by atoms with E-state index in [0.29, 0.717) is 11.1 Å². The maximum absolute atomic E-state index is 12.0. The van der Waals surface area contributed by atoms with Crippen molar-refractivity contribution < 1.29 is 4.79 Å². The Kier molecular flexibility index (Phi) is 3.56. The van der Waals surface area contributed by atoms with E-state index in [1.165, 1.54) is 12.8 Å². The van der Waals surface area contributed by atoms with Gasteiger partial charge in [-0.1, -0.05) is 15.9 Å². The van der Waals surface area contributed by atoms with Crippen molar-refractivity contribution in [2.24, 2.45) is 5.41 Å². The van der Waals surface area contributed by atoms with Crippen LogP contribution in [0.3, 0.4) is 0 Å². The molecule has 1 heterocycles. The smallest absolute Gasteiger partial charge is 0.269 e. The van der Waals surface area contributed by atoms with Crippen LogP contribution < -0.4 is 5.32 Å². The molecule has 0 bridgehead atoms. The topological polar surface area (TPSA) is 46.9 Å². The molecule has 1 aliphatic rings. The first-order valence-corrected chi connectivity index (χ1v) is 7.11. The molecule has 0 saturated heterocycles. The highest BCUT2D eigenvalue weighted by Gasteiger charge is 2.41. The SMILES string of the molecule is CCn1nc(C)cc1C(=O)NCC1(CBr)CC1. The fourth-order valence-corrected chi connectivity index (χ4v) is 2.62. The van der Waals surface area contributed by atoms with E-state index in [-0.39, 0.29) is 5.91 Å². The van der Waals surface area contributed by atoms with Crippen LogP contribution in [-0.4, -0.2) is 27.6 Å². The summed E-state index contributed by atoms with van der Waals surface area (Å²) in [4.78, 5) is 12.0. The van der Waals surface area contributed by atoms with Crippen LogP contribution in [0, 0.1) is 12.3 Å². The summed E-state index contributed by atoms with van der Waals surface area (Å²) in [5.41, 5.74) is 1.86. The first-order chi connectivity index (χ1) is 8.10. The van der Waals surface area contributed by atoms with Gasteiger partial charge in [0.15, 0.2) is 0 Å². The molecule has 1 fully saturated rings. The van der Waals surface area contributed by atoms with Crippen LogP contribution in [0.4, 0.5) is 0 Å². The normalized spacial score (nSPS) is 16.9. The summed E-state index contributed by atoms with van der Waals surface area (Å²) in [5, 5.41) is 8.25. The molecule has 17 heavy (non-hydrogen) atoms. The van der Waals surface area contributed by atoms with Crippen molar-refractivity contribution in [3.05, 3.63) is 17.5 Å². The zero-order valence-electron chi connectivity index (χ0n) is 10.3. The van der Waals surface area contributed by atoms with Crippen molar-refractivity contribution in [3.63, 3.8) is 0 Å². The minimum absolute atomic E-state index is 0.0142. The molecule has 94 valence electrons. The molecule has 2 rings (SSSR count). The summed E-state index contributed by atoms with van der Waals surface area (Å²) >= 11 is 3.50. The lowest BCUT2D eigenvalue weighted by Crippen LogP contribution is -2.32. The van der Waals surface area contributed by atoms with E-state index in [2.05, 4.69) is 26.3 Å². The molecule has 1 N–H and O–H groups in total.